The van der Waals surface area contributed by atoms with Crippen LogP contribution in [0.3, 0.4) is 0 Å². The fourth-order valence-electron chi connectivity index (χ4n) is 3.73. The summed E-state index contributed by atoms with van der Waals surface area (Å²) in [5.74, 6) is 0.829. The molecular weight excluding hydrogens is 340 g/mol. The quantitative estimate of drug-likeness (QED) is 0.833. The van der Waals surface area contributed by atoms with Gasteiger partial charge in [0.2, 0.25) is 0 Å². The first-order valence-corrected chi connectivity index (χ1v) is 9.94. The number of carbonyl (C=O) groups excluding carboxylic acids is 1. The lowest BCUT2D eigenvalue weighted by molar-refractivity contribution is 0.102. The first-order chi connectivity index (χ1) is 12.9. The highest BCUT2D eigenvalue weighted by molar-refractivity contribution is 6.04. The molecule has 1 amide bonds. The van der Waals surface area contributed by atoms with E-state index < -0.39 is 0 Å². The van der Waals surface area contributed by atoms with Crippen LogP contribution in [0.1, 0.15) is 73.6 Å². The number of nitrogens with zero attached hydrogens (tertiary/aromatic N) is 3. The summed E-state index contributed by atoms with van der Waals surface area (Å²) in [6.45, 7) is 8.60. The third-order valence-electron chi connectivity index (χ3n) is 5.32. The molecule has 0 aliphatic heterocycles. The SMILES string of the molecule is Cc1cc(NC(=O)c2c(C)ccn(CCC(C)C)c2=O)n(C2CCCC2)n1. The Kier molecular flexibility index (Phi) is 5.82. The minimum Gasteiger partial charge on any atom is -0.315 e. The molecule has 1 saturated carbocycles. The van der Waals surface area contributed by atoms with Gasteiger partial charge in [0.25, 0.3) is 11.5 Å². The molecule has 146 valence electrons. The highest BCUT2D eigenvalue weighted by Gasteiger charge is 2.23. The zero-order valence-corrected chi connectivity index (χ0v) is 16.8. The fourth-order valence-corrected chi connectivity index (χ4v) is 3.73. The molecule has 6 heteroatoms. The van der Waals surface area contributed by atoms with Gasteiger partial charge in [-0.2, -0.15) is 5.10 Å². The van der Waals surface area contributed by atoms with Gasteiger partial charge < -0.3 is 9.88 Å². The van der Waals surface area contributed by atoms with Gasteiger partial charge in [0, 0.05) is 18.8 Å². The molecule has 0 spiro atoms. The number of pyridine rings is 1. The van der Waals surface area contributed by atoms with Crippen molar-refractivity contribution >= 4 is 11.7 Å². The summed E-state index contributed by atoms with van der Waals surface area (Å²) in [7, 11) is 0. The third kappa shape index (κ3) is 4.31. The predicted octanol–water partition coefficient (Wildman–Crippen LogP) is 4.08. The normalized spacial score (nSPS) is 14.9. The molecule has 3 rings (SSSR count). The van der Waals surface area contributed by atoms with E-state index >= 15 is 0 Å². The molecule has 0 unspecified atom stereocenters. The molecule has 0 aromatic carbocycles. The summed E-state index contributed by atoms with van der Waals surface area (Å²) in [5, 5.41) is 7.52. The summed E-state index contributed by atoms with van der Waals surface area (Å²) in [4.78, 5) is 25.8. The number of aromatic nitrogens is 3. The Morgan fingerprint density at radius 1 is 1.30 bits per heavy atom. The summed E-state index contributed by atoms with van der Waals surface area (Å²) in [6.07, 6.45) is 7.22. The molecule has 2 heterocycles. The van der Waals surface area contributed by atoms with Gasteiger partial charge >= 0.3 is 0 Å². The molecule has 0 bridgehead atoms. The van der Waals surface area contributed by atoms with Crippen molar-refractivity contribution in [1.82, 2.24) is 14.3 Å². The van der Waals surface area contributed by atoms with Crippen LogP contribution >= 0.6 is 0 Å². The van der Waals surface area contributed by atoms with E-state index in [0.29, 0.717) is 29.9 Å². The lowest BCUT2D eigenvalue weighted by Gasteiger charge is -2.16. The number of rotatable bonds is 6. The van der Waals surface area contributed by atoms with E-state index in [1.54, 1.807) is 10.8 Å². The third-order valence-corrected chi connectivity index (χ3v) is 5.32. The van der Waals surface area contributed by atoms with Crippen LogP contribution in [0.2, 0.25) is 0 Å². The van der Waals surface area contributed by atoms with Crippen LogP contribution in [0.4, 0.5) is 5.82 Å². The number of anilines is 1. The Morgan fingerprint density at radius 2 is 2.00 bits per heavy atom. The van der Waals surface area contributed by atoms with Gasteiger partial charge in [-0.05, 0) is 50.7 Å². The average Bonchev–Trinajstić information content (AvgIpc) is 3.23. The molecule has 2 aromatic heterocycles. The molecule has 0 saturated heterocycles. The molecule has 27 heavy (non-hydrogen) atoms. The first-order valence-electron chi connectivity index (χ1n) is 9.94. The number of carbonyl (C=O) groups is 1. The van der Waals surface area contributed by atoms with Gasteiger partial charge in [0.05, 0.1) is 11.7 Å². The predicted molar refractivity (Wildman–Crippen MR) is 107 cm³/mol. The Morgan fingerprint density at radius 3 is 2.67 bits per heavy atom. The molecule has 1 aliphatic rings. The Hall–Kier alpha value is -2.37. The first kappa shape index (κ1) is 19.4. The minimum absolute atomic E-state index is 0.220. The Balaban J connectivity index is 1.86. The van der Waals surface area contributed by atoms with E-state index in [0.717, 1.165) is 25.0 Å². The van der Waals surface area contributed by atoms with Crippen molar-refractivity contribution in [1.29, 1.82) is 0 Å². The topological polar surface area (TPSA) is 68.9 Å². The molecule has 0 atom stereocenters. The summed E-state index contributed by atoms with van der Waals surface area (Å²) in [6, 6.07) is 4.05. The highest BCUT2D eigenvalue weighted by Crippen LogP contribution is 2.32. The molecule has 0 radical (unpaired) electrons. The van der Waals surface area contributed by atoms with Crippen molar-refractivity contribution in [2.45, 2.75) is 72.4 Å². The van der Waals surface area contributed by atoms with Crippen LogP contribution in [0.5, 0.6) is 0 Å². The van der Waals surface area contributed by atoms with Gasteiger partial charge in [-0.25, -0.2) is 4.68 Å². The zero-order valence-electron chi connectivity index (χ0n) is 16.8. The van der Waals surface area contributed by atoms with Gasteiger partial charge in [0.1, 0.15) is 11.4 Å². The van der Waals surface area contributed by atoms with Crippen LogP contribution in [0, 0.1) is 19.8 Å². The van der Waals surface area contributed by atoms with E-state index in [1.807, 2.05) is 30.7 Å². The van der Waals surface area contributed by atoms with Crippen molar-refractivity contribution in [3.05, 3.63) is 45.5 Å². The largest absolute Gasteiger partial charge is 0.315 e. The van der Waals surface area contributed by atoms with E-state index in [-0.39, 0.29) is 17.0 Å². The Labute approximate surface area is 160 Å². The van der Waals surface area contributed by atoms with Gasteiger partial charge in [-0.15, -0.1) is 0 Å². The second kappa shape index (κ2) is 8.11. The maximum absolute atomic E-state index is 13.0. The fraction of sp³-hybridized carbons (Fsp3) is 0.571. The monoisotopic (exact) mass is 370 g/mol. The molecule has 1 N–H and O–H groups in total. The standard InChI is InChI=1S/C21H30N4O2/c1-14(2)9-11-24-12-10-15(3)19(21(24)27)20(26)22-18-13-16(4)23-25(18)17-7-5-6-8-17/h10,12-14,17H,5-9,11H2,1-4H3,(H,22,26). The summed E-state index contributed by atoms with van der Waals surface area (Å²) in [5.41, 5.74) is 1.56. The number of hydrogen-bond donors (Lipinski definition) is 1. The van der Waals surface area contributed by atoms with Crippen molar-refractivity contribution < 1.29 is 4.79 Å². The van der Waals surface area contributed by atoms with Crippen LogP contribution in [-0.2, 0) is 6.54 Å². The molecule has 1 fully saturated rings. The van der Waals surface area contributed by atoms with E-state index in [2.05, 4.69) is 24.3 Å². The second-order valence-electron chi connectivity index (χ2n) is 8.06. The van der Waals surface area contributed by atoms with Crippen molar-refractivity contribution in [3.63, 3.8) is 0 Å². The van der Waals surface area contributed by atoms with Crippen LogP contribution < -0.4 is 10.9 Å². The Bertz CT molecular complexity index is 873. The minimum atomic E-state index is -0.351. The van der Waals surface area contributed by atoms with Crippen molar-refractivity contribution in [2.24, 2.45) is 5.92 Å². The van der Waals surface area contributed by atoms with E-state index in [9.17, 15) is 9.59 Å². The number of aryl methyl sites for hydroxylation is 3. The van der Waals surface area contributed by atoms with Crippen LogP contribution in [0.15, 0.2) is 23.1 Å². The number of amides is 1. The lowest BCUT2D eigenvalue weighted by Crippen LogP contribution is -2.31. The molecule has 2 aromatic rings. The van der Waals surface area contributed by atoms with Crippen molar-refractivity contribution in [2.75, 3.05) is 5.32 Å². The summed E-state index contributed by atoms with van der Waals surface area (Å²) < 4.78 is 3.57. The number of nitrogens with one attached hydrogen (secondary N) is 1. The van der Waals surface area contributed by atoms with Gasteiger partial charge in [0.15, 0.2) is 0 Å². The van der Waals surface area contributed by atoms with Crippen LogP contribution in [-0.4, -0.2) is 20.3 Å². The second-order valence-corrected chi connectivity index (χ2v) is 8.06. The average molecular weight is 370 g/mol. The molecule has 1 aliphatic carbocycles. The molecule has 6 nitrogen and oxygen atoms in total. The van der Waals surface area contributed by atoms with Gasteiger partial charge in [-0.1, -0.05) is 26.7 Å². The maximum atomic E-state index is 13.0. The highest BCUT2D eigenvalue weighted by atomic mass is 16.2. The molecular formula is C21H30N4O2. The van der Waals surface area contributed by atoms with E-state index in [4.69, 9.17) is 0 Å². The van der Waals surface area contributed by atoms with E-state index in [1.165, 1.54) is 12.8 Å². The summed E-state index contributed by atoms with van der Waals surface area (Å²) >= 11 is 0. The lowest BCUT2D eigenvalue weighted by atomic mass is 10.1. The maximum Gasteiger partial charge on any atom is 0.263 e. The number of hydrogen-bond acceptors (Lipinski definition) is 3. The zero-order chi connectivity index (χ0) is 19.6. The van der Waals surface area contributed by atoms with Gasteiger partial charge in [-0.3, -0.25) is 9.59 Å². The van der Waals surface area contributed by atoms with Crippen molar-refractivity contribution in [3.8, 4) is 0 Å². The van der Waals surface area contributed by atoms with Crippen LogP contribution in [0.25, 0.3) is 0 Å². The smallest absolute Gasteiger partial charge is 0.263 e.